The third kappa shape index (κ3) is 5.83. The second-order valence-electron chi connectivity index (χ2n) is 9.61. The highest BCUT2D eigenvalue weighted by molar-refractivity contribution is 7.20. The molecule has 2 aromatic heterocycles. The summed E-state index contributed by atoms with van der Waals surface area (Å²) in [7, 11) is 0. The molecule has 206 valence electrons. The quantitative estimate of drug-likeness (QED) is 0.437. The lowest BCUT2D eigenvalue weighted by Gasteiger charge is -2.35. The van der Waals surface area contributed by atoms with Crippen molar-refractivity contribution in [2.75, 3.05) is 13.1 Å². The Balaban J connectivity index is 1.86. The van der Waals surface area contributed by atoms with Crippen molar-refractivity contribution in [3.63, 3.8) is 0 Å². The van der Waals surface area contributed by atoms with Gasteiger partial charge in [0.15, 0.2) is 0 Å². The summed E-state index contributed by atoms with van der Waals surface area (Å²) in [5.41, 5.74) is -3.30. The van der Waals surface area contributed by atoms with Crippen LogP contribution in [0, 0.1) is 0 Å². The Morgan fingerprint density at radius 2 is 1.71 bits per heavy atom. The first-order chi connectivity index (χ1) is 17.8. The fourth-order valence-corrected chi connectivity index (χ4v) is 5.79. The molecular formula is C25H26F5N3O4S. The molecule has 1 aliphatic rings. The van der Waals surface area contributed by atoms with Gasteiger partial charge in [0.2, 0.25) is 0 Å². The van der Waals surface area contributed by atoms with Gasteiger partial charge in [-0.25, -0.2) is 13.6 Å². The minimum Gasteiger partial charge on any atom is -0.390 e. The lowest BCUT2D eigenvalue weighted by Crippen LogP contribution is -2.45. The number of carbonyl (C=O) groups excluding carboxylic acids is 1. The Labute approximate surface area is 217 Å². The first-order valence-corrected chi connectivity index (χ1v) is 12.8. The number of likely N-dealkylation sites (tertiary alicyclic amines) is 1. The number of amides is 1. The van der Waals surface area contributed by atoms with E-state index in [-0.39, 0.29) is 43.7 Å². The molecule has 0 aliphatic carbocycles. The molecule has 1 N–H and O–H groups in total. The van der Waals surface area contributed by atoms with Gasteiger partial charge in [0.25, 0.3) is 17.9 Å². The molecule has 0 unspecified atom stereocenters. The Bertz CT molecular complexity index is 1430. The number of nitrogens with zero attached hydrogens (tertiary/aromatic N) is 3. The van der Waals surface area contributed by atoms with E-state index < -0.39 is 64.2 Å². The highest BCUT2D eigenvalue weighted by atomic mass is 32.1. The zero-order chi connectivity index (χ0) is 27.8. The summed E-state index contributed by atoms with van der Waals surface area (Å²) in [5.74, 6) is -0.818. The third-order valence-electron chi connectivity index (χ3n) is 6.72. The van der Waals surface area contributed by atoms with Gasteiger partial charge in [-0.1, -0.05) is 30.3 Å². The summed E-state index contributed by atoms with van der Waals surface area (Å²) in [6, 6.07) is 8.68. The van der Waals surface area contributed by atoms with E-state index in [1.807, 2.05) is 0 Å². The smallest absolute Gasteiger partial charge is 0.390 e. The number of hydrogen-bond acceptors (Lipinski definition) is 5. The SMILES string of the molecule is CC1(O)CCN(C(=O)c2sc3c(c2C(F)F)c(=O)n(CCc2ccccc2)c(=O)n3CCC(F)(F)F)CC1. The van der Waals surface area contributed by atoms with Gasteiger partial charge in [-0.15, -0.1) is 11.3 Å². The van der Waals surface area contributed by atoms with Crippen molar-refractivity contribution >= 4 is 27.5 Å². The van der Waals surface area contributed by atoms with Gasteiger partial charge in [-0.3, -0.25) is 18.7 Å². The van der Waals surface area contributed by atoms with Crippen LogP contribution in [0.15, 0.2) is 39.9 Å². The maximum Gasteiger partial charge on any atom is 0.390 e. The van der Waals surface area contributed by atoms with Crippen molar-refractivity contribution < 1.29 is 31.9 Å². The number of thiophene rings is 1. The van der Waals surface area contributed by atoms with Gasteiger partial charge in [0, 0.05) is 26.2 Å². The monoisotopic (exact) mass is 559 g/mol. The molecule has 3 aromatic rings. The van der Waals surface area contributed by atoms with Crippen LogP contribution in [0.5, 0.6) is 0 Å². The molecule has 1 amide bonds. The van der Waals surface area contributed by atoms with Crippen LogP contribution >= 0.6 is 11.3 Å². The molecule has 4 rings (SSSR count). The molecule has 1 fully saturated rings. The number of carbonyl (C=O) groups is 1. The maximum atomic E-state index is 14.4. The second kappa shape index (κ2) is 10.6. The van der Waals surface area contributed by atoms with Gasteiger partial charge >= 0.3 is 11.9 Å². The molecule has 0 radical (unpaired) electrons. The standard InChI is InChI=1S/C25H26F5N3O4S/c1-24(37)8-12-31(13-9-24)21(35)18-16(19(26)27)17-20(34)32(11-7-15-5-3-2-4-6-15)23(36)33(22(17)38-18)14-10-25(28,29)30/h2-6,19,37H,7-14H2,1H3. The number of rotatable bonds is 7. The van der Waals surface area contributed by atoms with Crippen LogP contribution in [0.2, 0.25) is 0 Å². The molecule has 7 nitrogen and oxygen atoms in total. The van der Waals surface area contributed by atoms with Crippen LogP contribution in [-0.2, 0) is 19.5 Å². The molecule has 0 spiro atoms. The van der Waals surface area contributed by atoms with Gasteiger partial charge < -0.3 is 10.0 Å². The fourth-order valence-electron chi connectivity index (χ4n) is 4.50. The van der Waals surface area contributed by atoms with E-state index in [4.69, 9.17) is 0 Å². The number of benzene rings is 1. The minimum atomic E-state index is -4.65. The fraction of sp³-hybridized carbons (Fsp3) is 0.480. The van der Waals surface area contributed by atoms with E-state index in [0.29, 0.717) is 20.5 Å². The summed E-state index contributed by atoms with van der Waals surface area (Å²) in [6.45, 7) is 0.604. The van der Waals surface area contributed by atoms with Crippen molar-refractivity contribution in [2.24, 2.45) is 0 Å². The van der Waals surface area contributed by atoms with Crippen molar-refractivity contribution in [3.8, 4) is 0 Å². The summed E-state index contributed by atoms with van der Waals surface area (Å²) in [5, 5.41) is 9.55. The maximum absolute atomic E-state index is 14.4. The minimum absolute atomic E-state index is 0.0743. The van der Waals surface area contributed by atoms with Crippen LogP contribution in [0.1, 0.15) is 53.4 Å². The van der Waals surface area contributed by atoms with Gasteiger partial charge in [-0.2, -0.15) is 13.2 Å². The topological polar surface area (TPSA) is 84.5 Å². The molecule has 1 aliphatic heterocycles. The zero-order valence-corrected chi connectivity index (χ0v) is 21.2. The summed E-state index contributed by atoms with van der Waals surface area (Å²) >= 11 is 0.431. The molecule has 13 heteroatoms. The van der Waals surface area contributed by atoms with Crippen LogP contribution in [0.25, 0.3) is 10.2 Å². The van der Waals surface area contributed by atoms with Crippen LogP contribution < -0.4 is 11.2 Å². The highest BCUT2D eigenvalue weighted by Gasteiger charge is 2.36. The van der Waals surface area contributed by atoms with E-state index in [1.165, 1.54) is 4.90 Å². The zero-order valence-electron chi connectivity index (χ0n) is 20.4. The molecule has 38 heavy (non-hydrogen) atoms. The summed E-state index contributed by atoms with van der Waals surface area (Å²) in [4.78, 5) is 40.3. The predicted octanol–water partition coefficient (Wildman–Crippen LogP) is 4.34. The molecule has 0 bridgehead atoms. The summed E-state index contributed by atoms with van der Waals surface area (Å²) < 4.78 is 69.4. The third-order valence-corrected chi connectivity index (χ3v) is 7.94. The van der Waals surface area contributed by atoms with E-state index in [9.17, 15) is 41.4 Å². The van der Waals surface area contributed by atoms with Crippen LogP contribution in [-0.4, -0.2) is 49.9 Å². The largest absolute Gasteiger partial charge is 0.390 e. The molecule has 3 heterocycles. The van der Waals surface area contributed by atoms with E-state index in [2.05, 4.69) is 0 Å². The molecular weight excluding hydrogens is 533 g/mol. The number of aliphatic hydroxyl groups is 1. The van der Waals surface area contributed by atoms with Crippen LogP contribution in [0.3, 0.4) is 0 Å². The number of piperidine rings is 1. The highest BCUT2D eigenvalue weighted by Crippen LogP contribution is 2.37. The van der Waals surface area contributed by atoms with Crippen molar-refractivity contribution in [1.29, 1.82) is 0 Å². The lowest BCUT2D eigenvalue weighted by atomic mass is 9.93. The summed E-state index contributed by atoms with van der Waals surface area (Å²) in [6.07, 6.45) is -8.80. The number of alkyl halides is 5. The first-order valence-electron chi connectivity index (χ1n) is 12.0. The lowest BCUT2D eigenvalue weighted by molar-refractivity contribution is -0.136. The molecule has 0 saturated carbocycles. The number of aromatic nitrogens is 2. The molecule has 0 atom stereocenters. The van der Waals surface area contributed by atoms with Crippen molar-refractivity contribution in [1.82, 2.24) is 14.0 Å². The van der Waals surface area contributed by atoms with E-state index in [0.717, 1.165) is 5.56 Å². The van der Waals surface area contributed by atoms with Gasteiger partial charge in [0.05, 0.1) is 23.0 Å². The Hall–Kier alpha value is -3.06. The Morgan fingerprint density at radius 3 is 2.29 bits per heavy atom. The Morgan fingerprint density at radius 1 is 1.08 bits per heavy atom. The number of halogens is 5. The van der Waals surface area contributed by atoms with Crippen molar-refractivity contribution in [3.05, 3.63) is 67.2 Å². The van der Waals surface area contributed by atoms with Gasteiger partial charge in [0.1, 0.15) is 9.71 Å². The second-order valence-corrected chi connectivity index (χ2v) is 10.6. The molecule has 1 saturated heterocycles. The van der Waals surface area contributed by atoms with E-state index in [1.54, 1.807) is 37.3 Å². The average Bonchev–Trinajstić information content (AvgIpc) is 3.24. The predicted molar refractivity (Wildman–Crippen MR) is 132 cm³/mol. The average molecular weight is 560 g/mol. The van der Waals surface area contributed by atoms with Crippen molar-refractivity contribution in [2.45, 2.75) is 63.9 Å². The normalized spacial score (nSPS) is 15.9. The Kier molecular flexibility index (Phi) is 7.80. The van der Waals surface area contributed by atoms with E-state index >= 15 is 0 Å². The van der Waals surface area contributed by atoms with Gasteiger partial charge in [-0.05, 0) is 31.7 Å². The number of hydrogen-bond donors (Lipinski definition) is 1. The number of aryl methyl sites for hydroxylation is 2. The first kappa shape index (κ1) is 28.0. The molecule has 1 aromatic carbocycles. The number of fused-ring (bicyclic) bond motifs is 1. The van der Waals surface area contributed by atoms with Crippen LogP contribution in [0.4, 0.5) is 22.0 Å².